The smallest absolute Gasteiger partial charge is 0.140 e. The molecular formula is C42H68O. The molecule has 0 amide bonds. The highest BCUT2D eigenvalue weighted by Crippen LogP contribution is 2.34. The van der Waals surface area contributed by atoms with Gasteiger partial charge in [-0.15, -0.1) is 0 Å². The number of carbonyl (C=O) groups is 1. The summed E-state index contributed by atoms with van der Waals surface area (Å²) in [6.45, 7) is 4.58. The molecule has 0 aliphatic carbocycles. The number of benzene rings is 2. The molecule has 242 valence electrons. The first kappa shape index (κ1) is 37.3. The number of hydrogen-bond donors (Lipinski definition) is 0. The number of ketones is 1. The molecule has 0 saturated carbocycles. The van der Waals surface area contributed by atoms with Crippen LogP contribution in [0, 0.1) is 0 Å². The van der Waals surface area contributed by atoms with Gasteiger partial charge in [0.15, 0.2) is 0 Å². The molecule has 2 aromatic carbocycles. The van der Waals surface area contributed by atoms with Crippen molar-refractivity contribution in [3.05, 3.63) is 60.2 Å². The molecule has 0 spiro atoms. The molecule has 0 fully saturated rings. The Bertz CT molecular complexity index is 900. The van der Waals surface area contributed by atoms with E-state index >= 15 is 0 Å². The van der Waals surface area contributed by atoms with Gasteiger partial charge in [-0.3, -0.25) is 4.79 Å². The molecule has 2 aromatic rings. The molecule has 0 saturated heterocycles. The van der Waals surface area contributed by atoms with Crippen LogP contribution in [0.1, 0.15) is 192 Å². The quantitative estimate of drug-likeness (QED) is 0.0864. The van der Waals surface area contributed by atoms with E-state index in [1.165, 1.54) is 158 Å². The fourth-order valence-electron chi connectivity index (χ4n) is 6.68. The predicted octanol–water partition coefficient (Wildman–Crippen LogP) is 14.2. The van der Waals surface area contributed by atoms with E-state index in [0.717, 1.165) is 25.7 Å². The Balaban J connectivity index is 1.76. The Hall–Kier alpha value is -1.89. The van der Waals surface area contributed by atoms with Crippen LogP contribution in [-0.4, -0.2) is 5.78 Å². The van der Waals surface area contributed by atoms with Gasteiger partial charge in [0.25, 0.3) is 0 Å². The van der Waals surface area contributed by atoms with E-state index in [2.05, 4.69) is 68.4 Å². The molecule has 2 rings (SSSR count). The van der Waals surface area contributed by atoms with E-state index in [9.17, 15) is 4.79 Å². The average Bonchev–Trinajstić information content (AvgIpc) is 3.04. The Kier molecular flexibility index (Phi) is 23.0. The van der Waals surface area contributed by atoms with Gasteiger partial charge in [-0.2, -0.15) is 0 Å². The first-order valence-corrected chi connectivity index (χ1v) is 18.9. The lowest BCUT2D eigenvalue weighted by atomic mass is 9.83. The summed E-state index contributed by atoms with van der Waals surface area (Å²) >= 11 is 0. The van der Waals surface area contributed by atoms with Crippen molar-refractivity contribution in [3.8, 4) is 11.1 Å². The minimum Gasteiger partial charge on any atom is -0.299 e. The van der Waals surface area contributed by atoms with Crippen molar-refractivity contribution in [2.24, 2.45) is 0 Å². The minimum atomic E-state index is 0.0345. The highest BCUT2D eigenvalue weighted by Gasteiger charge is 2.22. The van der Waals surface area contributed by atoms with Crippen LogP contribution in [0.2, 0.25) is 0 Å². The van der Waals surface area contributed by atoms with E-state index in [-0.39, 0.29) is 5.92 Å². The Morgan fingerprint density at radius 1 is 0.465 bits per heavy atom. The van der Waals surface area contributed by atoms with Crippen LogP contribution in [-0.2, 0) is 4.79 Å². The van der Waals surface area contributed by atoms with Crippen molar-refractivity contribution < 1.29 is 4.79 Å². The third kappa shape index (κ3) is 17.9. The SMILES string of the molecule is CCCCCCCCCCCCCCC(=O)C(CCCCCCCCCCCCCC)c1ccccc1-c1ccccc1. The standard InChI is InChI=1S/C42H68O/c1-3-5-7-9-11-13-15-17-19-21-23-28-36-41(40-35-31-30-34-39(40)38-32-26-25-27-33-38)42(43)37-29-24-22-20-18-16-14-12-10-8-6-4-2/h25-27,30-35,41H,3-24,28-29,36-37H2,1-2H3. The van der Waals surface area contributed by atoms with Crippen molar-refractivity contribution in [2.45, 2.75) is 187 Å². The first-order chi connectivity index (χ1) is 21.3. The van der Waals surface area contributed by atoms with Crippen molar-refractivity contribution >= 4 is 5.78 Å². The van der Waals surface area contributed by atoms with Gasteiger partial charge in [-0.25, -0.2) is 0 Å². The summed E-state index contributed by atoms with van der Waals surface area (Å²) in [4.78, 5) is 13.7. The third-order valence-corrected chi connectivity index (χ3v) is 9.43. The fourth-order valence-corrected chi connectivity index (χ4v) is 6.68. The molecule has 43 heavy (non-hydrogen) atoms. The number of rotatable bonds is 29. The molecule has 0 aliphatic heterocycles. The second-order valence-electron chi connectivity index (χ2n) is 13.3. The van der Waals surface area contributed by atoms with Crippen molar-refractivity contribution in [3.63, 3.8) is 0 Å². The van der Waals surface area contributed by atoms with Crippen molar-refractivity contribution in [2.75, 3.05) is 0 Å². The van der Waals surface area contributed by atoms with Crippen LogP contribution in [0.3, 0.4) is 0 Å². The maximum atomic E-state index is 13.7. The largest absolute Gasteiger partial charge is 0.299 e. The molecule has 1 nitrogen and oxygen atoms in total. The number of unbranched alkanes of at least 4 members (excludes halogenated alkanes) is 22. The lowest BCUT2D eigenvalue weighted by Crippen LogP contribution is -2.14. The normalized spacial score (nSPS) is 12.0. The zero-order valence-electron chi connectivity index (χ0n) is 28.6. The Labute approximate surface area is 268 Å². The molecule has 0 aromatic heterocycles. The van der Waals surface area contributed by atoms with Gasteiger partial charge in [0.2, 0.25) is 0 Å². The average molecular weight is 589 g/mol. The van der Waals surface area contributed by atoms with E-state index < -0.39 is 0 Å². The van der Waals surface area contributed by atoms with Gasteiger partial charge in [-0.1, -0.05) is 216 Å². The van der Waals surface area contributed by atoms with Crippen LogP contribution in [0.25, 0.3) is 11.1 Å². The summed E-state index contributed by atoms with van der Waals surface area (Å²) in [6, 6.07) is 19.4. The molecule has 0 radical (unpaired) electrons. The summed E-state index contributed by atoms with van der Waals surface area (Å²) < 4.78 is 0. The van der Waals surface area contributed by atoms with E-state index in [1.54, 1.807) is 0 Å². The molecule has 1 unspecified atom stereocenters. The topological polar surface area (TPSA) is 17.1 Å². The molecule has 0 heterocycles. The summed E-state index contributed by atoms with van der Waals surface area (Å²) in [5, 5.41) is 0. The van der Waals surface area contributed by atoms with E-state index in [1.807, 2.05) is 0 Å². The first-order valence-electron chi connectivity index (χ1n) is 18.9. The van der Waals surface area contributed by atoms with E-state index in [4.69, 9.17) is 0 Å². The van der Waals surface area contributed by atoms with Gasteiger partial charge < -0.3 is 0 Å². The number of carbonyl (C=O) groups excluding carboxylic acids is 1. The summed E-state index contributed by atoms with van der Waals surface area (Å²) in [5.41, 5.74) is 3.73. The Morgan fingerprint density at radius 2 is 0.860 bits per heavy atom. The van der Waals surface area contributed by atoms with Gasteiger partial charge in [-0.05, 0) is 29.5 Å². The fraction of sp³-hybridized carbons (Fsp3) is 0.690. The van der Waals surface area contributed by atoms with Crippen LogP contribution in [0.5, 0.6) is 0 Å². The van der Waals surface area contributed by atoms with Crippen LogP contribution in [0.4, 0.5) is 0 Å². The second kappa shape index (κ2) is 26.5. The van der Waals surface area contributed by atoms with Gasteiger partial charge in [0, 0.05) is 12.3 Å². The Morgan fingerprint density at radius 3 is 1.35 bits per heavy atom. The molecule has 0 aliphatic rings. The highest BCUT2D eigenvalue weighted by molar-refractivity contribution is 5.88. The molecular weight excluding hydrogens is 520 g/mol. The second-order valence-corrected chi connectivity index (χ2v) is 13.3. The summed E-state index contributed by atoms with van der Waals surface area (Å²) in [5.74, 6) is 0.505. The zero-order chi connectivity index (χ0) is 30.6. The maximum Gasteiger partial charge on any atom is 0.140 e. The van der Waals surface area contributed by atoms with Crippen LogP contribution < -0.4 is 0 Å². The predicted molar refractivity (Wildman–Crippen MR) is 191 cm³/mol. The molecule has 0 bridgehead atoms. The minimum absolute atomic E-state index is 0.0345. The highest BCUT2D eigenvalue weighted by atomic mass is 16.1. The molecule has 0 N–H and O–H groups in total. The van der Waals surface area contributed by atoms with Crippen molar-refractivity contribution in [1.82, 2.24) is 0 Å². The lowest BCUT2D eigenvalue weighted by Gasteiger charge is -2.20. The van der Waals surface area contributed by atoms with Gasteiger partial charge in [0.05, 0.1) is 0 Å². The summed E-state index contributed by atoms with van der Waals surface area (Å²) in [7, 11) is 0. The molecule has 1 atom stereocenters. The monoisotopic (exact) mass is 589 g/mol. The van der Waals surface area contributed by atoms with E-state index in [0.29, 0.717) is 5.78 Å². The van der Waals surface area contributed by atoms with Gasteiger partial charge in [0.1, 0.15) is 5.78 Å². The zero-order valence-corrected chi connectivity index (χ0v) is 28.6. The van der Waals surface area contributed by atoms with Crippen molar-refractivity contribution in [1.29, 1.82) is 0 Å². The maximum absolute atomic E-state index is 13.7. The number of hydrogen-bond acceptors (Lipinski definition) is 1. The van der Waals surface area contributed by atoms with Crippen LogP contribution >= 0.6 is 0 Å². The molecule has 1 heteroatoms. The third-order valence-electron chi connectivity index (χ3n) is 9.43. The van der Waals surface area contributed by atoms with Gasteiger partial charge >= 0.3 is 0 Å². The lowest BCUT2D eigenvalue weighted by molar-refractivity contribution is -0.120. The van der Waals surface area contributed by atoms with Crippen LogP contribution in [0.15, 0.2) is 54.6 Å². The summed E-state index contributed by atoms with van der Waals surface area (Å²) in [6.07, 6.45) is 34.1. The number of Topliss-reactive ketones (excluding diaryl/α,β-unsaturated/α-hetero) is 1.